The normalized spacial score (nSPS) is 18.0. The Balaban J connectivity index is 1.52. The van der Waals surface area contributed by atoms with Gasteiger partial charge >= 0.3 is 0 Å². The minimum absolute atomic E-state index is 0.000470. The van der Waals surface area contributed by atoms with Crippen LogP contribution >= 0.6 is 0 Å². The van der Waals surface area contributed by atoms with Gasteiger partial charge in [-0.15, -0.1) is 0 Å². The third kappa shape index (κ3) is 4.37. The Morgan fingerprint density at radius 1 is 1.29 bits per heavy atom. The molecule has 9 nitrogen and oxygen atoms in total. The summed E-state index contributed by atoms with van der Waals surface area (Å²) in [4.78, 5) is 41.0. The van der Waals surface area contributed by atoms with E-state index in [-0.39, 0.29) is 17.5 Å². The largest absolute Gasteiger partial charge is 0.384 e. The van der Waals surface area contributed by atoms with E-state index in [4.69, 9.17) is 9.72 Å². The SMILES string of the molecule is COCCC(=O)N1CCN(c2nc(C3CC3)c(-c3cccc4c(=O)[nH]cnc34)cc2C#N)CC1C. The van der Waals surface area contributed by atoms with Gasteiger partial charge in [0.05, 0.1) is 41.5 Å². The number of benzene rings is 1. The lowest BCUT2D eigenvalue weighted by Crippen LogP contribution is -2.54. The number of carbonyl (C=O) groups is 1. The number of aromatic nitrogens is 3. The van der Waals surface area contributed by atoms with E-state index in [0.717, 1.165) is 29.7 Å². The fraction of sp³-hybridized carbons (Fsp3) is 0.423. The number of nitrogens with zero attached hydrogens (tertiary/aromatic N) is 5. The molecule has 5 rings (SSSR count). The monoisotopic (exact) mass is 472 g/mol. The second kappa shape index (κ2) is 9.47. The Bertz CT molecular complexity index is 1370. The molecule has 2 aromatic heterocycles. The first-order chi connectivity index (χ1) is 17.0. The first-order valence-electron chi connectivity index (χ1n) is 12.0. The molecule has 1 aliphatic heterocycles. The molecule has 0 spiro atoms. The van der Waals surface area contributed by atoms with Crippen LogP contribution in [0.2, 0.25) is 0 Å². The second-order valence-corrected chi connectivity index (χ2v) is 9.24. The lowest BCUT2D eigenvalue weighted by atomic mass is 9.97. The van der Waals surface area contributed by atoms with E-state index in [9.17, 15) is 14.9 Å². The number of hydrogen-bond acceptors (Lipinski definition) is 7. The summed E-state index contributed by atoms with van der Waals surface area (Å²) in [5, 5.41) is 10.6. The molecule has 2 fully saturated rings. The lowest BCUT2D eigenvalue weighted by molar-refractivity contribution is -0.134. The van der Waals surface area contributed by atoms with Gasteiger partial charge in [-0.2, -0.15) is 5.26 Å². The fourth-order valence-corrected chi connectivity index (χ4v) is 4.89. The summed E-state index contributed by atoms with van der Waals surface area (Å²) in [6, 6.07) is 9.76. The molecule has 1 aliphatic carbocycles. The van der Waals surface area contributed by atoms with Crippen LogP contribution < -0.4 is 10.5 Å². The van der Waals surface area contributed by atoms with Crippen molar-refractivity contribution in [2.24, 2.45) is 0 Å². The number of piperazine rings is 1. The molecule has 1 saturated carbocycles. The number of anilines is 1. The molecule has 0 radical (unpaired) electrons. The van der Waals surface area contributed by atoms with Crippen molar-refractivity contribution in [2.45, 2.75) is 38.1 Å². The van der Waals surface area contributed by atoms with Crippen molar-refractivity contribution in [1.29, 1.82) is 5.26 Å². The highest BCUT2D eigenvalue weighted by Gasteiger charge is 2.33. The third-order valence-corrected chi connectivity index (χ3v) is 6.84. The number of carbonyl (C=O) groups excluding carboxylic acids is 1. The van der Waals surface area contributed by atoms with Gasteiger partial charge < -0.3 is 19.5 Å². The maximum Gasteiger partial charge on any atom is 0.258 e. The number of fused-ring (bicyclic) bond motifs is 1. The number of hydrogen-bond donors (Lipinski definition) is 1. The molecule has 1 aromatic carbocycles. The van der Waals surface area contributed by atoms with Crippen molar-refractivity contribution in [3.63, 3.8) is 0 Å². The molecule has 1 amide bonds. The number of H-pyrrole nitrogens is 1. The van der Waals surface area contributed by atoms with Crippen LogP contribution in [0.3, 0.4) is 0 Å². The minimum atomic E-state index is -0.193. The molecule has 9 heteroatoms. The maximum absolute atomic E-state index is 12.5. The first kappa shape index (κ1) is 23.0. The Labute approximate surface area is 203 Å². The zero-order valence-corrected chi connectivity index (χ0v) is 20.0. The van der Waals surface area contributed by atoms with E-state index in [2.05, 4.69) is 20.9 Å². The third-order valence-electron chi connectivity index (χ3n) is 6.84. The van der Waals surface area contributed by atoms with Gasteiger partial charge in [0, 0.05) is 49.8 Å². The number of ether oxygens (including phenoxy) is 1. The average molecular weight is 473 g/mol. The number of pyridine rings is 1. The smallest absolute Gasteiger partial charge is 0.258 e. The second-order valence-electron chi connectivity index (χ2n) is 9.24. The van der Waals surface area contributed by atoms with Crippen LogP contribution in [0.25, 0.3) is 22.0 Å². The van der Waals surface area contributed by atoms with Crippen molar-refractivity contribution in [1.82, 2.24) is 19.9 Å². The first-order valence-corrected chi connectivity index (χ1v) is 12.0. The van der Waals surface area contributed by atoms with Gasteiger partial charge in [-0.05, 0) is 31.9 Å². The zero-order valence-electron chi connectivity index (χ0n) is 20.0. The van der Waals surface area contributed by atoms with Crippen molar-refractivity contribution in [3.8, 4) is 17.2 Å². The summed E-state index contributed by atoms with van der Waals surface area (Å²) in [5.41, 5.74) is 3.51. The summed E-state index contributed by atoms with van der Waals surface area (Å²) in [5.74, 6) is 1.07. The van der Waals surface area contributed by atoms with Gasteiger partial charge in [0.2, 0.25) is 5.91 Å². The number of methoxy groups -OCH3 is 1. The van der Waals surface area contributed by atoms with E-state index in [1.807, 2.05) is 30.0 Å². The van der Waals surface area contributed by atoms with E-state index >= 15 is 0 Å². The molecule has 1 saturated heterocycles. The van der Waals surface area contributed by atoms with Crippen LogP contribution in [0.4, 0.5) is 5.82 Å². The van der Waals surface area contributed by atoms with Gasteiger partial charge in [-0.1, -0.05) is 12.1 Å². The van der Waals surface area contributed by atoms with Crippen LogP contribution in [-0.2, 0) is 9.53 Å². The van der Waals surface area contributed by atoms with Gasteiger partial charge in [0.25, 0.3) is 5.56 Å². The molecule has 1 atom stereocenters. The number of aromatic amines is 1. The van der Waals surface area contributed by atoms with Crippen molar-refractivity contribution in [3.05, 3.63) is 52.2 Å². The Kier molecular flexibility index (Phi) is 6.22. The maximum atomic E-state index is 12.5. The number of para-hydroxylation sites is 1. The molecule has 3 aromatic rings. The van der Waals surface area contributed by atoms with Gasteiger partial charge in [0.1, 0.15) is 11.9 Å². The molecule has 3 heterocycles. The van der Waals surface area contributed by atoms with Crippen LogP contribution in [-0.4, -0.2) is 65.2 Å². The van der Waals surface area contributed by atoms with Gasteiger partial charge in [-0.3, -0.25) is 9.59 Å². The topological polar surface area (TPSA) is 115 Å². The van der Waals surface area contributed by atoms with Crippen LogP contribution in [0.1, 0.15) is 43.4 Å². The summed E-state index contributed by atoms with van der Waals surface area (Å²) in [7, 11) is 1.59. The molecule has 35 heavy (non-hydrogen) atoms. The zero-order chi connectivity index (χ0) is 24.5. The van der Waals surface area contributed by atoms with E-state index in [1.165, 1.54) is 6.33 Å². The summed E-state index contributed by atoms with van der Waals surface area (Å²) in [6.07, 6.45) is 3.86. The van der Waals surface area contributed by atoms with Gasteiger partial charge in [0.15, 0.2) is 0 Å². The van der Waals surface area contributed by atoms with E-state index < -0.39 is 0 Å². The van der Waals surface area contributed by atoms with Crippen molar-refractivity contribution >= 4 is 22.6 Å². The predicted molar refractivity (Wildman–Crippen MR) is 132 cm³/mol. The highest BCUT2D eigenvalue weighted by Crippen LogP contribution is 2.45. The van der Waals surface area contributed by atoms with E-state index in [0.29, 0.717) is 60.9 Å². The molecule has 1 unspecified atom stereocenters. The number of rotatable bonds is 6. The predicted octanol–water partition coefficient (Wildman–Crippen LogP) is 2.81. The Morgan fingerprint density at radius 2 is 2.11 bits per heavy atom. The number of nitriles is 1. The van der Waals surface area contributed by atoms with E-state index in [1.54, 1.807) is 13.2 Å². The van der Waals surface area contributed by atoms with Crippen LogP contribution in [0.15, 0.2) is 35.4 Å². The number of nitrogens with one attached hydrogen (secondary N) is 1. The fourth-order valence-electron chi connectivity index (χ4n) is 4.89. The van der Waals surface area contributed by atoms with Crippen molar-refractivity contribution in [2.75, 3.05) is 38.3 Å². The standard InChI is InChI=1S/C26H28N6O3/c1-16-14-31(9-10-32(16)22(33)8-11-35-2)25-18(13-27)12-21(23(30-25)17-6-7-17)19-4-3-5-20-24(19)28-15-29-26(20)34/h3-5,12,15-17H,6-11,14H2,1-2H3,(H,28,29,34). The van der Waals surface area contributed by atoms with Gasteiger partial charge in [-0.25, -0.2) is 9.97 Å². The molecule has 1 N–H and O–H groups in total. The molecular weight excluding hydrogens is 444 g/mol. The quantitative estimate of drug-likeness (QED) is 0.586. The van der Waals surface area contributed by atoms with Crippen LogP contribution in [0, 0.1) is 11.3 Å². The van der Waals surface area contributed by atoms with Crippen LogP contribution in [0.5, 0.6) is 0 Å². The molecule has 0 bridgehead atoms. The highest BCUT2D eigenvalue weighted by atomic mass is 16.5. The summed E-state index contributed by atoms with van der Waals surface area (Å²) < 4.78 is 5.05. The minimum Gasteiger partial charge on any atom is -0.384 e. The summed E-state index contributed by atoms with van der Waals surface area (Å²) >= 11 is 0. The van der Waals surface area contributed by atoms with Crippen molar-refractivity contribution < 1.29 is 9.53 Å². The number of amides is 1. The molecule has 180 valence electrons. The summed E-state index contributed by atoms with van der Waals surface area (Å²) in [6.45, 7) is 4.23. The Morgan fingerprint density at radius 3 is 2.83 bits per heavy atom. The Hall–Kier alpha value is -3.77. The lowest BCUT2D eigenvalue weighted by Gasteiger charge is -2.41. The molecular formula is C26H28N6O3. The molecule has 2 aliphatic rings. The average Bonchev–Trinajstić information content (AvgIpc) is 3.72. The highest BCUT2D eigenvalue weighted by molar-refractivity contribution is 5.94.